The van der Waals surface area contributed by atoms with Crippen molar-refractivity contribution in [3.05, 3.63) is 72.6 Å². The summed E-state index contributed by atoms with van der Waals surface area (Å²) < 4.78 is 40.1. The van der Waals surface area contributed by atoms with Crippen LogP contribution in [0.1, 0.15) is 11.5 Å². The molecule has 2 aliphatic rings. The summed E-state index contributed by atoms with van der Waals surface area (Å²) in [6, 6.07) is 12.1. The maximum absolute atomic E-state index is 13.5. The molecule has 0 unspecified atom stereocenters. The third-order valence-electron chi connectivity index (χ3n) is 5.27. The summed E-state index contributed by atoms with van der Waals surface area (Å²) in [5.41, 5.74) is 0.687. The van der Waals surface area contributed by atoms with Gasteiger partial charge >= 0.3 is 0 Å². The second kappa shape index (κ2) is 7.25. The van der Waals surface area contributed by atoms with Gasteiger partial charge in [-0.25, -0.2) is 13.4 Å². The molecule has 8 nitrogen and oxygen atoms in total. The molecule has 2 aliphatic heterocycles. The molecule has 0 bridgehead atoms. The van der Waals surface area contributed by atoms with Crippen LogP contribution in [0.15, 0.2) is 70.4 Å². The predicted octanol–water partition coefficient (Wildman–Crippen LogP) is 1.91. The zero-order chi connectivity index (χ0) is 19.8. The number of hydrogen-bond donors (Lipinski definition) is 0. The van der Waals surface area contributed by atoms with Gasteiger partial charge in [0.05, 0.1) is 31.1 Å². The van der Waals surface area contributed by atoms with Crippen LogP contribution in [0.5, 0.6) is 5.88 Å². The van der Waals surface area contributed by atoms with Gasteiger partial charge in [0.15, 0.2) is 0 Å². The first kappa shape index (κ1) is 18.3. The van der Waals surface area contributed by atoms with Crippen LogP contribution in [0.4, 0.5) is 0 Å². The zero-order valence-corrected chi connectivity index (χ0v) is 16.4. The molecule has 0 radical (unpaired) electrons. The highest BCUT2D eigenvalue weighted by Gasteiger charge is 2.47. The Bertz CT molecular complexity index is 1090. The Balaban J connectivity index is 1.52. The Morgan fingerprint density at radius 3 is 2.69 bits per heavy atom. The molecule has 1 saturated heterocycles. The Morgan fingerprint density at radius 2 is 1.90 bits per heavy atom. The number of ether oxygens (including phenoxy) is 1. The van der Waals surface area contributed by atoms with E-state index in [1.807, 2.05) is 30.3 Å². The molecular formula is C20H20N4O4S. The number of hydrogen-bond acceptors (Lipinski definition) is 7. The molecule has 9 heteroatoms. The molecule has 0 aliphatic carbocycles. The predicted molar refractivity (Wildman–Crippen MR) is 103 cm³/mol. The average Bonchev–Trinajstić information content (AvgIpc) is 3.36. The van der Waals surface area contributed by atoms with Crippen LogP contribution in [0.25, 0.3) is 0 Å². The number of aromatic nitrogens is 2. The lowest BCUT2D eigenvalue weighted by Gasteiger charge is -2.27. The van der Waals surface area contributed by atoms with Crippen molar-refractivity contribution in [3.8, 4) is 5.88 Å². The molecule has 5 rings (SSSR count). The molecule has 1 fully saturated rings. The maximum Gasteiger partial charge on any atom is 0.249 e. The molecule has 3 aromatic rings. The fourth-order valence-electron chi connectivity index (χ4n) is 3.94. The van der Waals surface area contributed by atoms with Crippen LogP contribution < -0.4 is 4.74 Å². The second-order valence-electron chi connectivity index (χ2n) is 7.18. The fraction of sp³-hybridized carbons (Fsp3) is 0.300. The standard InChI is InChI=1S/C20H20N4O4S/c25-29(26)19-7-3-9-22-20(19)28-18-14-23(12-16-6-4-10-27-16)13-17(18)24(29)11-15-5-1-2-8-21-15/h1-10,17-18H,11-14H2/t17-,18-/m0/s1. The van der Waals surface area contributed by atoms with Gasteiger partial charge in [-0.05, 0) is 36.4 Å². The van der Waals surface area contributed by atoms with Crippen molar-refractivity contribution in [3.63, 3.8) is 0 Å². The van der Waals surface area contributed by atoms with E-state index < -0.39 is 10.0 Å². The van der Waals surface area contributed by atoms with E-state index in [0.29, 0.717) is 25.3 Å². The van der Waals surface area contributed by atoms with Crippen molar-refractivity contribution in [2.24, 2.45) is 0 Å². The maximum atomic E-state index is 13.5. The number of rotatable bonds is 4. The van der Waals surface area contributed by atoms with Crippen LogP contribution in [0.3, 0.4) is 0 Å². The molecule has 0 saturated carbocycles. The van der Waals surface area contributed by atoms with Crippen LogP contribution in [-0.2, 0) is 23.1 Å². The summed E-state index contributed by atoms with van der Waals surface area (Å²) in [7, 11) is -3.80. The largest absolute Gasteiger partial charge is 0.470 e. The van der Waals surface area contributed by atoms with Crippen LogP contribution >= 0.6 is 0 Å². The van der Waals surface area contributed by atoms with Crippen molar-refractivity contribution in [2.75, 3.05) is 13.1 Å². The summed E-state index contributed by atoms with van der Waals surface area (Å²) >= 11 is 0. The number of sulfonamides is 1. The van der Waals surface area contributed by atoms with Gasteiger partial charge in [0.1, 0.15) is 16.8 Å². The molecule has 0 spiro atoms. The lowest BCUT2D eigenvalue weighted by Crippen LogP contribution is -2.46. The molecule has 0 aromatic carbocycles. The second-order valence-corrected chi connectivity index (χ2v) is 9.03. The van der Waals surface area contributed by atoms with Crippen LogP contribution in [0, 0.1) is 0 Å². The topological polar surface area (TPSA) is 88.8 Å². The van der Waals surface area contributed by atoms with Gasteiger partial charge in [0, 0.05) is 25.5 Å². The van der Waals surface area contributed by atoms with Crippen LogP contribution in [-0.4, -0.2) is 52.8 Å². The summed E-state index contributed by atoms with van der Waals surface area (Å²) in [4.78, 5) is 10.8. The minimum absolute atomic E-state index is 0.0999. The third kappa shape index (κ3) is 3.41. The van der Waals surface area contributed by atoms with Crippen molar-refractivity contribution in [1.82, 2.24) is 19.2 Å². The number of nitrogens with zero attached hydrogens (tertiary/aromatic N) is 4. The van der Waals surface area contributed by atoms with Gasteiger partial charge in [-0.3, -0.25) is 9.88 Å². The summed E-state index contributed by atoms with van der Waals surface area (Å²) in [5, 5.41) is 0. The van der Waals surface area contributed by atoms with Gasteiger partial charge in [0.25, 0.3) is 0 Å². The van der Waals surface area contributed by atoms with Gasteiger partial charge in [-0.2, -0.15) is 4.31 Å². The first-order chi connectivity index (χ1) is 14.1. The van der Waals surface area contributed by atoms with Crippen molar-refractivity contribution in [2.45, 2.75) is 30.1 Å². The number of pyridine rings is 2. The highest BCUT2D eigenvalue weighted by atomic mass is 32.2. The Morgan fingerprint density at radius 1 is 1.00 bits per heavy atom. The molecular weight excluding hydrogens is 392 g/mol. The van der Waals surface area contributed by atoms with E-state index in [0.717, 1.165) is 5.76 Å². The monoisotopic (exact) mass is 412 g/mol. The highest BCUT2D eigenvalue weighted by Crippen LogP contribution is 2.35. The smallest absolute Gasteiger partial charge is 0.249 e. The van der Waals surface area contributed by atoms with E-state index in [9.17, 15) is 8.42 Å². The normalized spacial score (nSPS) is 23.7. The first-order valence-corrected chi connectivity index (χ1v) is 10.8. The Hall–Kier alpha value is -2.75. The number of furan rings is 1. The minimum Gasteiger partial charge on any atom is -0.470 e. The Labute approximate surface area is 168 Å². The van der Waals surface area contributed by atoms with E-state index in [1.54, 1.807) is 30.8 Å². The average molecular weight is 412 g/mol. The lowest BCUT2D eigenvalue weighted by atomic mass is 10.2. The number of fused-ring (bicyclic) bond motifs is 2. The molecule has 5 heterocycles. The fourth-order valence-corrected chi connectivity index (χ4v) is 5.63. The highest BCUT2D eigenvalue weighted by molar-refractivity contribution is 7.89. The van der Waals surface area contributed by atoms with Crippen molar-refractivity contribution >= 4 is 10.0 Å². The van der Waals surface area contributed by atoms with E-state index in [1.165, 1.54) is 4.31 Å². The van der Waals surface area contributed by atoms with Crippen LogP contribution in [0.2, 0.25) is 0 Å². The summed E-state index contributed by atoms with van der Waals surface area (Å²) in [6.45, 7) is 1.88. The van der Waals surface area contributed by atoms with Crippen molar-refractivity contribution < 1.29 is 17.6 Å². The molecule has 0 N–H and O–H groups in total. The van der Waals surface area contributed by atoms with E-state index in [4.69, 9.17) is 9.15 Å². The minimum atomic E-state index is -3.80. The van der Waals surface area contributed by atoms with Gasteiger partial charge in [-0.1, -0.05) is 6.07 Å². The molecule has 150 valence electrons. The van der Waals surface area contributed by atoms with Gasteiger partial charge < -0.3 is 9.15 Å². The molecule has 3 aromatic heterocycles. The Kier molecular flexibility index (Phi) is 4.57. The SMILES string of the molecule is O=S1(=O)c2cccnc2O[C@H]2CN(Cc3ccco3)C[C@@H]2N1Cc1ccccn1. The summed E-state index contributed by atoms with van der Waals surface area (Å²) in [6.07, 6.45) is 4.52. The molecule has 0 amide bonds. The van der Waals surface area contributed by atoms with E-state index in [2.05, 4.69) is 14.9 Å². The van der Waals surface area contributed by atoms with Gasteiger partial charge in [-0.15, -0.1) is 0 Å². The zero-order valence-electron chi connectivity index (χ0n) is 15.6. The lowest BCUT2D eigenvalue weighted by molar-refractivity contribution is 0.143. The van der Waals surface area contributed by atoms with Gasteiger partial charge in [0.2, 0.25) is 15.9 Å². The summed E-state index contributed by atoms with van der Waals surface area (Å²) in [5.74, 6) is 0.991. The molecule has 29 heavy (non-hydrogen) atoms. The third-order valence-corrected chi connectivity index (χ3v) is 7.16. The number of likely N-dealkylation sites (tertiary alicyclic amines) is 1. The molecule has 2 atom stereocenters. The first-order valence-electron chi connectivity index (χ1n) is 9.39. The van der Waals surface area contributed by atoms with E-state index >= 15 is 0 Å². The van der Waals surface area contributed by atoms with E-state index in [-0.39, 0.29) is 29.5 Å². The quantitative estimate of drug-likeness (QED) is 0.647. The van der Waals surface area contributed by atoms with Crippen molar-refractivity contribution in [1.29, 1.82) is 0 Å².